The molecule has 1 N–H and O–H groups in total. The summed E-state index contributed by atoms with van der Waals surface area (Å²) in [6.45, 7) is 8.20. The first kappa shape index (κ1) is 16.4. The van der Waals surface area contributed by atoms with Crippen LogP contribution in [0.1, 0.15) is 41.4 Å². The first-order valence-corrected chi connectivity index (χ1v) is 8.49. The molecular weight excluding hydrogens is 300 g/mol. The van der Waals surface area contributed by atoms with Crippen molar-refractivity contribution in [1.82, 2.24) is 9.97 Å². The topological polar surface area (TPSA) is 58.1 Å². The molecule has 5 nitrogen and oxygen atoms in total. The average molecular weight is 324 g/mol. The van der Waals surface area contributed by atoms with Gasteiger partial charge < -0.3 is 10.2 Å². The summed E-state index contributed by atoms with van der Waals surface area (Å²) in [4.78, 5) is 23.5. The lowest BCUT2D eigenvalue weighted by atomic mass is 10.00. The maximum Gasteiger partial charge on any atom is 0.274 e. The Morgan fingerprint density at radius 1 is 1.17 bits per heavy atom. The first-order valence-electron chi connectivity index (χ1n) is 8.49. The van der Waals surface area contributed by atoms with Crippen molar-refractivity contribution in [3.63, 3.8) is 0 Å². The van der Waals surface area contributed by atoms with Crippen LogP contribution in [0.25, 0.3) is 0 Å². The van der Waals surface area contributed by atoms with Gasteiger partial charge in [-0.25, -0.2) is 9.97 Å². The molecule has 126 valence electrons. The number of nitrogens with one attached hydrogen (secondary N) is 1. The largest absolute Gasteiger partial charge is 0.341 e. The number of benzene rings is 1. The van der Waals surface area contributed by atoms with E-state index < -0.39 is 0 Å². The van der Waals surface area contributed by atoms with E-state index in [2.05, 4.69) is 33.2 Å². The minimum atomic E-state index is -0.200. The monoisotopic (exact) mass is 324 g/mol. The first-order chi connectivity index (χ1) is 11.5. The number of aryl methyl sites for hydroxylation is 2. The van der Waals surface area contributed by atoms with Crippen molar-refractivity contribution in [1.29, 1.82) is 0 Å². The number of carbonyl (C=O) groups excluding carboxylic acids is 1. The van der Waals surface area contributed by atoms with Crippen LogP contribution in [-0.2, 0) is 0 Å². The number of hydrogen-bond acceptors (Lipinski definition) is 4. The zero-order chi connectivity index (χ0) is 17.1. The smallest absolute Gasteiger partial charge is 0.274 e. The molecule has 24 heavy (non-hydrogen) atoms. The highest BCUT2D eigenvalue weighted by Crippen LogP contribution is 2.20. The van der Waals surface area contributed by atoms with Crippen LogP contribution in [0.3, 0.4) is 0 Å². The van der Waals surface area contributed by atoms with Crippen LogP contribution in [0.15, 0.2) is 30.5 Å². The standard InChI is InChI=1S/C19H24N4O/c1-13-5-8-23(9-6-13)19-20-7-4-17(22-19)18(24)21-16-11-14(2)10-15(3)12-16/h4,7,10-13H,5-6,8-9H2,1-3H3,(H,21,24). The summed E-state index contributed by atoms with van der Waals surface area (Å²) in [5.74, 6) is 1.20. The molecule has 0 atom stereocenters. The van der Waals surface area contributed by atoms with Gasteiger partial charge in [0.05, 0.1) is 0 Å². The van der Waals surface area contributed by atoms with E-state index in [4.69, 9.17) is 0 Å². The molecule has 0 radical (unpaired) electrons. The highest BCUT2D eigenvalue weighted by molar-refractivity contribution is 6.03. The summed E-state index contributed by atoms with van der Waals surface area (Å²) in [6, 6.07) is 7.65. The molecular formula is C19H24N4O. The Kier molecular flexibility index (Phi) is 4.79. The van der Waals surface area contributed by atoms with E-state index in [0.717, 1.165) is 48.7 Å². The van der Waals surface area contributed by atoms with Crippen LogP contribution in [0, 0.1) is 19.8 Å². The molecule has 1 aromatic heterocycles. The lowest BCUT2D eigenvalue weighted by Gasteiger charge is -2.30. The third-order valence-corrected chi connectivity index (χ3v) is 4.42. The minimum Gasteiger partial charge on any atom is -0.341 e. The van der Waals surface area contributed by atoms with Crippen LogP contribution in [0.2, 0.25) is 0 Å². The molecule has 1 aromatic carbocycles. The van der Waals surface area contributed by atoms with Gasteiger partial charge in [-0.05, 0) is 61.9 Å². The second kappa shape index (κ2) is 6.99. The second-order valence-corrected chi connectivity index (χ2v) is 6.74. The van der Waals surface area contributed by atoms with Gasteiger partial charge >= 0.3 is 0 Å². The van der Waals surface area contributed by atoms with Crippen molar-refractivity contribution in [2.45, 2.75) is 33.6 Å². The fourth-order valence-electron chi connectivity index (χ4n) is 3.08. The van der Waals surface area contributed by atoms with E-state index in [1.165, 1.54) is 0 Å². The molecule has 5 heteroatoms. The van der Waals surface area contributed by atoms with E-state index >= 15 is 0 Å². The van der Waals surface area contributed by atoms with Crippen molar-refractivity contribution in [2.75, 3.05) is 23.3 Å². The van der Waals surface area contributed by atoms with Crippen molar-refractivity contribution >= 4 is 17.5 Å². The molecule has 2 heterocycles. The molecule has 1 fully saturated rings. The van der Waals surface area contributed by atoms with Gasteiger partial charge in [0.1, 0.15) is 5.69 Å². The predicted octanol–water partition coefficient (Wildman–Crippen LogP) is 3.58. The van der Waals surface area contributed by atoms with Gasteiger partial charge in [-0.2, -0.15) is 0 Å². The number of rotatable bonds is 3. The molecule has 1 amide bonds. The molecule has 2 aromatic rings. The van der Waals surface area contributed by atoms with Crippen molar-refractivity contribution in [2.24, 2.45) is 5.92 Å². The van der Waals surface area contributed by atoms with Crippen LogP contribution < -0.4 is 10.2 Å². The summed E-state index contributed by atoms with van der Waals surface area (Å²) in [5.41, 5.74) is 3.44. The van der Waals surface area contributed by atoms with Crippen molar-refractivity contribution in [3.8, 4) is 0 Å². The number of aromatic nitrogens is 2. The number of carbonyl (C=O) groups is 1. The van der Waals surface area contributed by atoms with E-state index in [0.29, 0.717) is 11.6 Å². The average Bonchev–Trinajstić information content (AvgIpc) is 2.54. The zero-order valence-electron chi connectivity index (χ0n) is 14.5. The Morgan fingerprint density at radius 3 is 2.50 bits per heavy atom. The molecule has 0 unspecified atom stereocenters. The number of hydrogen-bond donors (Lipinski definition) is 1. The molecule has 3 rings (SSSR count). The Hall–Kier alpha value is -2.43. The molecule has 1 aliphatic rings. The Balaban J connectivity index is 1.74. The SMILES string of the molecule is Cc1cc(C)cc(NC(=O)c2ccnc(N3CCC(C)CC3)n2)c1. The summed E-state index contributed by atoms with van der Waals surface area (Å²) >= 11 is 0. The van der Waals surface area contributed by atoms with Gasteiger partial charge in [-0.3, -0.25) is 4.79 Å². The summed E-state index contributed by atoms with van der Waals surface area (Å²) in [5, 5.41) is 2.93. The van der Waals surface area contributed by atoms with Crippen molar-refractivity contribution < 1.29 is 4.79 Å². The molecule has 0 saturated carbocycles. The van der Waals surface area contributed by atoms with Gasteiger partial charge in [0.25, 0.3) is 5.91 Å². The summed E-state index contributed by atoms with van der Waals surface area (Å²) < 4.78 is 0. The molecule has 1 saturated heterocycles. The van der Waals surface area contributed by atoms with E-state index in [1.54, 1.807) is 12.3 Å². The second-order valence-electron chi connectivity index (χ2n) is 6.74. The number of piperidine rings is 1. The van der Waals surface area contributed by atoms with Gasteiger partial charge in [0, 0.05) is 25.0 Å². The van der Waals surface area contributed by atoms with Gasteiger partial charge in [-0.1, -0.05) is 13.0 Å². The highest BCUT2D eigenvalue weighted by Gasteiger charge is 2.19. The predicted molar refractivity (Wildman–Crippen MR) is 96.5 cm³/mol. The zero-order valence-corrected chi connectivity index (χ0v) is 14.5. The highest BCUT2D eigenvalue weighted by atomic mass is 16.1. The number of anilines is 2. The Labute approximate surface area is 143 Å². The van der Waals surface area contributed by atoms with Gasteiger partial charge in [0.15, 0.2) is 0 Å². The van der Waals surface area contributed by atoms with Crippen molar-refractivity contribution in [3.05, 3.63) is 47.3 Å². The third-order valence-electron chi connectivity index (χ3n) is 4.42. The molecule has 0 spiro atoms. The number of nitrogens with zero attached hydrogens (tertiary/aromatic N) is 3. The quantitative estimate of drug-likeness (QED) is 0.937. The lowest BCUT2D eigenvalue weighted by Crippen LogP contribution is -2.34. The fraction of sp³-hybridized carbons (Fsp3) is 0.421. The molecule has 0 aliphatic carbocycles. The van der Waals surface area contributed by atoms with E-state index in [9.17, 15) is 4.79 Å². The van der Waals surface area contributed by atoms with Crippen LogP contribution in [0.4, 0.5) is 11.6 Å². The fourth-order valence-corrected chi connectivity index (χ4v) is 3.08. The minimum absolute atomic E-state index is 0.200. The molecule has 0 bridgehead atoms. The molecule has 1 aliphatic heterocycles. The summed E-state index contributed by atoms with van der Waals surface area (Å²) in [6.07, 6.45) is 3.95. The Morgan fingerprint density at radius 2 is 1.83 bits per heavy atom. The maximum absolute atomic E-state index is 12.5. The van der Waals surface area contributed by atoms with E-state index in [1.807, 2.05) is 26.0 Å². The number of amides is 1. The third kappa shape index (κ3) is 3.91. The summed E-state index contributed by atoms with van der Waals surface area (Å²) in [7, 11) is 0. The van der Waals surface area contributed by atoms with Gasteiger partial charge in [-0.15, -0.1) is 0 Å². The Bertz CT molecular complexity index is 716. The lowest BCUT2D eigenvalue weighted by molar-refractivity contribution is 0.102. The van der Waals surface area contributed by atoms with Crippen LogP contribution in [0.5, 0.6) is 0 Å². The van der Waals surface area contributed by atoms with Gasteiger partial charge in [0.2, 0.25) is 5.95 Å². The maximum atomic E-state index is 12.5. The van der Waals surface area contributed by atoms with Crippen LogP contribution >= 0.6 is 0 Å². The van der Waals surface area contributed by atoms with Crippen LogP contribution in [-0.4, -0.2) is 29.0 Å². The van der Waals surface area contributed by atoms with E-state index in [-0.39, 0.29) is 5.91 Å². The normalized spacial score (nSPS) is 15.4.